The summed E-state index contributed by atoms with van der Waals surface area (Å²) in [6.45, 7) is 2.17. The van der Waals surface area contributed by atoms with Gasteiger partial charge in [-0.05, 0) is 12.8 Å². The Hall–Kier alpha value is -0.870. The smallest absolute Gasteiger partial charge is 0.190 e. The van der Waals surface area contributed by atoms with Crippen LogP contribution in [-0.4, -0.2) is 34.3 Å². The van der Waals surface area contributed by atoms with Gasteiger partial charge in [0.25, 0.3) is 0 Å². The van der Waals surface area contributed by atoms with Crippen LogP contribution >= 0.6 is 0 Å². The maximum Gasteiger partial charge on any atom is 0.190 e. The van der Waals surface area contributed by atoms with Gasteiger partial charge in [-0.2, -0.15) is 0 Å². The summed E-state index contributed by atoms with van der Waals surface area (Å²) < 4.78 is 5.77. The lowest BCUT2D eigenvalue weighted by atomic mass is 9.91. The number of ether oxygens (including phenoxy) is 1. The Bertz CT molecular complexity index is 375. The van der Waals surface area contributed by atoms with E-state index >= 15 is 0 Å². The van der Waals surface area contributed by atoms with Crippen LogP contribution in [-0.2, 0) is 9.53 Å². The second kappa shape index (κ2) is 7.23. The van der Waals surface area contributed by atoms with Gasteiger partial charge in [-0.25, -0.2) is 0 Å². The van der Waals surface area contributed by atoms with E-state index in [-0.39, 0.29) is 18.0 Å². The molecule has 0 aromatic heterocycles. The predicted octanol–water partition coefficient (Wildman–Crippen LogP) is 2.47. The molecule has 0 spiro atoms. The zero-order valence-corrected chi connectivity index (χ0v) is 12.3. The highest BCUT2D eigenvalue weighted by molar-refractivity contribution is 6.00. The van der Waals surface area contributed by atoms with Crippen LogP contribution in [0.1, 0.15) is 64.7 Å². The zero-order valence-electron chi connectivity index (χ0n) is 12.3. The van der Waals surface area contributed by atoms with E-state index in [2.05, 4.69) is 6.92 Å². The minimum absolute atomic E-state index is 0.0876. The van der Waals surface area contributed by atoms with Crippen molar-refractivity contribution in [3.05, 3.63) is 11.3 Å². The van der Waals surface area contributed by atoms with Crippen molar-refractivity contribution in [2.75, 3.05) is 0 Å². The van der Waals surface area contributed by atoms with Gasteiger partial charge in [0.05, 0.1) is 6.10 Å². The summed E-state index contributed by atoms with van der Waals surface area (Å²) in [6.07, 6.45) is 6.39. The molecule has 0 aromatic carbocycles. The van der Waals surface area contributed by atoms with Crippen LogP contribution in [0, 0.1) is 0 Å². The van der Waals surface area contributed by atoms with Crippen LogP contribution in [0.5, 0.6) is 0 Å². The summed E-state index contributed by atoms with van der Waals surface area (Å²) in [5.41, 5.74) is 0.659. The lowest BCUT2D eigenvalue weighted by molar-refractivity contribution is -0.124. The molecule has 114 valence electrons. The van der Waals surface area contributed by atoms with Crippen molar-refractivity contribution in [1.29, 1.82) is 0 Å². The van der Waals surface area contributed by atoms with Gasteiger partial charge in [0, 0.05) is 24.8 Å². The van der Waals surface area contributed by atoms with Gasteiger partial charge in [0.15, 0.2) is 5.78 Å². The molecule has 1 heterocycles. The van der Waals surface area contributed by atoms with E-state index in [0.717, 1.165) is 18.6 Å². The molecule has 0 saturated carbocycles. The van der Waals surface area contributed by atoms with Crippen molar-refractivity contribution in [2.24, 2.45) is 0 Å². The molecule has 2 N–H and O–H groups in total. The molecule has 0 aromatic rings. The first-order valence-electron chi connectivity index (χ1n) is 7.90. The molecule has 0 unspecified atom stereocenters. The Balaban J connectivity index is 1.73. The molecule has 0 radical (unpaired) electrons. The Morgan fingerprint density at radius 1 is 1.35 bits per heavy atom. The molecule has 4 heteroatoms. The van der Waals surface area contributed by atoms with E-state index in [1.165, 1.54) is 19.3 Å². The summed E-state index contributed by atoms with van der Waals surface area (Å²) in [4.78, 5) is 11.8. The van der Waals surface area contributed by atoms with Crippen molar-refractivity contribution in [1.82, 2.24) is 0 Å². The van der Waals surface area contributed by atoms with Gasteiger partial charge in [-0.1, -0.05) is 32.6 Å². The average Bonchev–Trinajstić information content (AvgIpc) is 2.82. The topological polar surface area (TPSA) is 66.8 Å². The van der Waals surface area contributed by atoms with Gasteiger partial charge in [0.1, 0.15) is 18.0 Å². The normalized spacial score (nSPS) is 27.4. The van der Waals surface area contributed by atoms with Gasteiger partial charge >= 0.3 is 0 Å². The van der Waals surface area contributed by atoms with Crippen LogP contribution < -0.4 is 0 Å². The van der Waals surface area contributed by atoms with Crippen molar-refractivity contribution >= 4 is 5.78 Å². The molecular weight excluding hydrogens is 256 g/mol. The molecular formula is C16H26O4. The number of hydrogen-bond donors (Lipinski definition) is 2. The largest absolute Gasteiger partial charge is 0.494 e. The van der Waals surface area contributed by atoms with Crippen LogP contribution in [0.4, 0.5) is 0 Å². The summed E-state index contributed by atoms with van der Waals surface area (Å²) in [6, 6.07) is 0. The number of Topliss-reactive ketones (excluding diaryl/α,β-unsaturated/α-hetero) is 1. The molecule has 0 bridgehead atoms. The van der Waals surface area contributed by atoms with E-state index < -0.39 is 6.10 Å². The number of carbonyl (C=O) groups is 1. The summed E-state index contributed by atoms with van der Waals surface area (Å²) >= 11 is 0. The number of aliphatic hydroxyl groups excluding tert-OH is 2. The number of unbranched alkanes of at least 4 members (excludes halogenated alkanes) is 3. The maximum absolute atomic E-state index is 11.8. The van der Waals surface area contributed by atoms with E-state index in [4.69, 9.17) is 4.74 Å². The van der Waals surface area contributed by atoms with Gasteiger partial charge < -0.3 is 14.9 Å². The first-order valence-corrected chi connectivity index (χ1v) is 7.90. The highest BCUT2D eigenvalue weighted by atomic mass is 16.5. The molecule has 1 aliphatic heterocycles. The standard InChI is InChI=1S/C16H26O4/c1-2-3-4-5-6-11(17)9-12-10-13-15(20-12)8-7-14(18)16(13)19/h11-12,14,17-18H,2-10H2,1H3/t11-,12+,14+/m0/s1. The SMILES string of the molecule is CCCCCC[C@H](O)C[C@@H]1CC2=C(CC[C@@H](O)C2=O)O1. The fraction of sp³-hybridized carbons (Fsp3) is 0.812. The fourth-order valence-electron chi connectivity index (χ4n) is 3.06. The first kappa shape index (κ1) is 15.5. The maximum atomic E-state index is 11.8. The third-order valence-corrected chi connectivity index (χ3v) is 4.25. The molecule has 0 saturated heterocycles. The van der Waals surface area contributed by atoms with Crippen LogP contribution in [0.15, 0.2) is 11.3 Å². The molecule has 0 amide bonds. The quantitative estimate of drug-likeness (QED) is 0.704. The third kappa shape index (κ3) is 3.83. The minimum Gasteiger partial charge on any atom is -0.494 e. The Morgan fingerprint density at radius 3 is 2.90 bits per heavy atom. The number of allylic oxidation sites excluding steroid dienone is 1. The van der Waals surface area contributed by atoms with Crippen LogP contribution in [0.25, 0.3) is 0 Å². The first-order chi connectivity index (χ1) is 9.61. The van der Waals surface area contributed by atoms with Crippen molar-refractivity contribution in [3.8, 4) is 0 Å². The van der Waals surface area contributed by atoms with Crippen molar-refractivity contribution in [2.45, 2.75) is 83.0 Å². The predicted molar refractivity (Wildman–Crippen MR) is 76.1 cm³/mol. The average molecular weight is 282 g/mol. The van der Waals surface area contributed by atoms with E-state index in [0.29, 0.717) is 31.3 Å². The molecule has 0 fully saturated rings. The van der Waals surface area contributed by atoms with Crippen LogP contribution in [0.3, 0.4) is 0 Å². The monoisotopic (exact) mass is 282 g/mol. The van der Waals surface area contributed by atoms with Gasteiger partial charge in [-0.3, -0.25) is 4.79 Å². The molecule has 2 aliphatic rings. The molecule has 20 heavy (non-hydrogen) atoms. The Morgan fingerprint density at radius 2 is 2.15 bits per heavy atom. The Kier molecular flexibility index (Phi) is 5.61. The lowest BCUT2D eigenvalue weighted by Gasteiger charge is -2.18. The zero-order chi connectivity index (χ0) is 14.5. The number of aliphatic hydroxyl groups is 2. The van der Waals surface area contributed by atoms with E-state index in [1.54, 1.807) is 0 Å². The molecule has 4 nitrogen and oxygen atoms in total. The van der Waals surface area contributed by atoms with Gasteiger partial charge in [-0.15, -0.1) is 0 Å². The fourth-order valence-corrected chi connectivity index (χ4v) is 3.06. The van der Waals surface area contributed by atoms with Crippen LogP contribution in [0.2, 0.25) is 0 Å². The molecule has 3 atom stereocenters. The highest BCUT2D eigenvalue weighted by Gasteiger charge is 2.36. The molecule has 2 rings (SSSR count). The van der Waals surface area contributed by atoms with Crippen molar-refractivity contribution in [3.63, 3.8) is 0 Å². The highest BCUT2D eigenvalue weighted by Crippen LogP contribution is 2.35. The van der Waals surface area contributed by atoms with Crippen molar-refractivity contribution < 1.29 is 19.7 Å². The summed E-state index contributed by atoms with van der Waals surface area (Å²) in [7, 11) is 0. The summed E-state index contributed by atoms with van der Waals surface area (Å²) in [5, 5.41) is 19.6. The van der Waals surface area contributed by atoms with E-state index in [9.17, 15) is 15.0 Å². The lowest BCUT2D eigenvalue weighted by Crippen LogP contribution is -2.26. The van der Waals surface area contributed by atoms with E-state index in [1.807, 2.05) is 0 Å². The molecule has 1 aliphatic carbocycles. The number of carbonyl (C=O) groups excluding carboxylic acids is 1. The van der Waals surface area contributed by atoms with Gasteiger partial charge in [0.2, 0.25) is 0 Å². The number of ketones is 1. The Labute approximate surface area is 120 Å². The summed E-state index contributed by atoms with van der Waals surface area (Å²) in [5.74, 6) is 0.578. The number of rotatable bonds is 7. The second-order valence-electron chi connectivity index (χ2n) is 6.00. The second-order valence-corrected chi connectivity index (χ2v) is 6.00. The minimum atomic E-state index is -0.852. The third-order valence-electron chi connectivity index (χ3n) is 4.25. The number of hydrogen-bond acceptors (Lipinski definition) is 4.